The lowest BCUT2D eigenvalue weighted by molar-refractivity contribution is 0.0475. The second-order valence-corrected chi connectivity index (χ2v) is 9.16. The summed E-state index contributed by atoms with van der Waals surface area (Å²) in [5.41, 5.74) is 1.25. The van der Waals surface area contributed by atoms with Gasteiger partial charge in [0.15, 0.2) is 0 Å². The number of rotatable bonds is 6. The van der Waals surface area contributed by atoms with Crippen LogP contribution < -0.4 is 4.74 Å². The summed E-state index contributed by atoms with van der Waals surface area (Å²) in [4.78, 5) is 7.76. The number of piperidine rings is 1. The highest BCUT2D eigenvalue weighted by Gasteiger charge is 2.30. The van der Waals surface area contributed by atoms with Gasteiger partial charge in [-0.3, -0.25) is 9.80 Å². The van der Waals surface area contributed by atoms with E-state index in [4.69, 9.17) is 4.74 Å². The lowest BCUT2D eigenvalue weighted by Gasteiger charge is -2.42. The van der Waals surface area contributed by atoms with Crippen molar-refractivity contribution in [2.24, 2.45) is 0 Å². The van der Waals surface area contributed by atoms with E-state index < -0.39 is 0 Å². The predicted octanol–water partition coefficient (Wildman–Crippen LogP) is 3.98. The number of hydrogen-bond donors (Lipinski definition) is 0. The van der Waals surface area contributed by atoms with Gasteiger partial charge < -0.3 is 9.64 Å². The molecular weight excluding hydrogens is 346 g/mol. The number of nitrogens with zero attached hydrogens (tertiary/aromatic N) is 3. The number of likely N-dealkylation sites (tertiary alicyclic amines) is 1. The van der Waals surface area contributed by atoms with Crippen molar-refractivity contribution < 1.29 is 4.74 Å². The minimum Gasteiger partial charge on any atom is -0.490 e. The SMILES string of the molecule is [CH2]C(c1ccccc1OC1CCN(C2CCC2)CC1)N1CCN(C(C)C)CC1. The highest BCUT2D eigenvalue weighted by Crippen LogP contribution is 2.33. The van der Waals surface area contributed by atoms with E-state index in [1.54, 1.807) is 0 Å². The van der Waals surface area contributed by atoms with Crippen molar-refractivity contribution in [2.75, 3.05) is 39.3 Å². The third-order valence-corrected chi connectivity index (χ3v) is 7.16. The van der Waals surface area contributed by atoms with Crippen LogP contribution in [0, 0.1) is 6.92 Å². The van der Waals surface area contributed by atoms with Gasteiger partial charge in [0.2, 0.25) is 0 Å². The minimum atomic E-state index is 0.167. The van der Waals surface area contributed by atoms with E-state index in [9.17, 15) is 0 Å². The number of benzene rings is 1. The second kappa shape index (κ2) is 9.15. The van der Waals surface area contributed by atoms with Crippen molar-refractivity contribution in [2.45, 2.75) is 70.2 Å². The molecule has 1 aliphatic carbocycles. The van der Waals surface area contributed by atoms with Crippen LogP contribution in [-0.4, -0.2) is 72.2 Å². The van der Waals surface area contributed by atoms with E-state index >= 15 is 0 Å². The molecule has 1 atom stereocenters. The van der Waals surface area contributed by atoms with Crippen LogP contribution in [-0.2, 0) is 0 Å². The maximum Gasteiger partial charge on any atom is 0.124 e. The average molecular weight is 385 g/mol. The van der Waals surface area contributed by atoms with Gasteiger partial charge in [0.1, 0.15) is 11.9 Å². The van der Waals surface area contributed by atoms with Crippen LogP contribution in [0.2, 0.25) is 0 Å². The van der Waals surface area contributed by atoms with Gasteiger partial charge >= 0.3 is 0 Å². The average Bonchev–Trinajstić information content (AvgIpc) is 2.68. The quantitative estimate of drug-likeness (QED) is 0.738. The van der Waals surface area contributed by atoms with Crippen LogP contribution in [0.1, 0.15) is 57.6 Å². The summed E-state index contributed by atoms with van der Waals surface area (Å²) in [6, 6.07) is 10.3. The van der Waals surface area contributed by atoms with E-state index in [1.807, 2.05) is 0 Å². The molecular formula is C24H38N3O. The Labute approximate surface area is 171 Å². The van der Waals surface area contributed by atoms with E-state index in [0.29, 0.717) is 12.1 Å². The van der Waals surface area contributed by atoms with Crippen LogP contribution in [0.4, 0.5) is 0 Å². The summed E-state index contributed by atoms with van der Waals surface area (Å²) in [5.74, 6) is 1.05. The third kappa shape index (κ3) is 4.55. The number of ether oxygens (including phenoxy) is 1. The Balaban J connectivity index is 1.34. The van der Waals surface area contributed by atoms with Gasteiger partial charge in [0.25, 0.3) is 0 Å². The molecule has 2 saturated heterocycles. The molecule has 1 aromatic rings. The monoisotopic (exact) mass is 384 g/mol. The zero-order valence-electron chi connectivity index (χ0n) is 17.9. The summed E-state index contributed by atoms with van der Waals surface area (Å²) in [6.07, 6.45) is 6.88. The van der Waals surface area contributed by atoms with Crippen molar-refractivity contribution in [3.05, 3.63) is 36.8 Å². The molecule has 4 nitrogen and oxygen atoms in total. The normalized spacial score (nSPS) is 25.0. The fraction of sp³-hybridized carbons (Fsp3) is 0.708. The van der Waals surface area contributed by atoms with Crippen molar-refractivity contribution in [3.8, 4) is 5.75 Å². The molecule has 0 aromatic heterocycles. The van der Waals surface area contributed by atoms with Gasteiger partial charge in [-0.05, 0) is 52.5 Å². The molecule has 4 heteroatoms. The summed E-state index contributed by atoms with van der Waals surface area (Å²) in [7, 11) is 0. The summed E-state index contributed by atoms with van der Waals surface area (Å²) < 4.78 is 6.53. The van der Waals surface area contributed by atoms with Gasteiger partial charge in [-0.15, -0.1) is 0 Å². The van der Waals surface area contributed by atoms with Crippen LogP contribution in [0.25, 0.3) is 0 Å². The Bertz CT molecular complexity index is 614. The summed E-state index contributed by atoms with van der Waals surface area (Å²) in [5, 5.41) is 0. The molecule has 28 heavy (non-hydrogen) atoms. The number of hydrogen-bond acceptors (Lipinski definition) is 4. The Hall–Kier alpha value is -1.10. The van der Waals surface area contributed by atoms with Gasteiger partial charge in [-0.2, -0.15) is 0 Å². The first-order chi connectivity index (χ1) is 13.6. The van der Waals surface area contributed by atoms with E-state index in [2.05, 4.69) is 59.7 Å². The second-order valence-electron chi connectivity index (χ2n) is 9.16. The van der Waals surface area contributed by atoms with Crippen molar-refractivity contribution >= 4 is 0 Å². The fourth-order valence-electron chi connectivity index (χ4n) is 4.92. The Morgan fingerprint density at radius 2 is 1.54 bits per heavy atom. The molecule has 3 fully saturated rings. The molecule has 0 bridgehead atoms. The summed E-state index contributed by atoms with van der Waals surface area (Å²) in [6.45, 7) is 15.9. The first-order valence-electron chi connectivity index (χ1n) is 11.4. The molecule has 1 radical (unpaired) electrons. The lowest BCUT2D eigenvalue weighted by Crippen LogP contribution is -2.49. The minimum absolute atomic E-state index is 0.167. The molecule has 1 aromatic carbocycles. The smallest absolute Gasteiger partial charge is 0.124 e. The summed E-state index contributed by atoms with van der Waals surface area (Å²) >= 11 is 0. The molecule has 155 valence electrons. The Morgan fingerprint density at radius 3 is 2.14 bits per heavy atom. The lowest BCUT2D eigenvalue weighted by atomic mass is 9.89. The highest BCUT2D eigenvalue weighted by molar-refractivity contribution is 5.37. The van der Waals surface area contributed by atoms with Gasteiger partial charge in [-0.1, -0.05) is 24.6 Å². The van der Waals surface area contributed by atoms with Crippen molar-refractivity contribution in [1.82, 2.24) is 14.7 Å². The van der Waals surface area contributed by atoms with Crippen molar-refractivity contribution in [3.63, 3.8) is 0 Å². The van der Waals surface area contributed by atoms with E-state index in [0.717, 1.165) is 50.8 Å². The van der Waals surface area contributed by atoms with Gasteiger partial charge in [-0.25, -0.2) is 0 Å². The third-order valence-electron chi connectivity index (χ3n) is 7.16. The van der Waals surface area contributed by atoms with E-state index in [-0.39, 0.29) is 6.04 Å². The Morgan fingerprint density at radius 1 is 0.893 bits per heavy atom. The molecule has 4 rings (SSSR count). The van der Waals surface area contributed by atoms with Crippen LogP contribution in [0.15, 0.2) is 24.3 Å². The standard InChI is InChI=1S/C24H38N3O/c1-19(2)25-15-17-26(18-16-25)20(3)23-9-4-5-10-24(23)28-22-11-13-27(14-12-22)21-7-6-8-21/h4-5,9-10,19-22H,3,6-8,11-18H2,1-2H3. The molecule has 0 amide bonds. The topological polar surface area (TPSA) is 19.0 Å². The molecule has 2 heterocycles. The van der Waals surface area contributed by atoms with Crippen LogP contribution in [0.5, 0.6) is 5.75 Å². The molecule has 0 spiro atoms. The molecule has 3 aliphatic rings. The van der Waals surface area contributed by atoms with Gasteiger partial charge in [0.05, 0.1) is 0 Å². The van der Waals surface area contributed by atoms with E-state index in [1.165, 1.54) is 37.9 Å². The number of piperazine rings is 1. The highest BCUT2D eigenvalue weighted by atomic mass is 16.5. The maximum atomic E-state index is 6.53. The predicted molar refractivity (Wildman–Crippen MR) is 116 cm³/mol. The first-order valence-corrected chi connectivity index (χ1v) is 11.4. The molecule has 0 N–H and O–H groups in total. The Kier molecular flexibility index (Phi) is 6.59. The fourth-order valence-corrected chi connectivity index (χ4v) is 4.92. The van der Waals surface area contributed by atoms with Gasteiger partial charge in [0, 0.05) is 63.0 Å². The molecule has 1 unspecified atom stereocenters. The van der Waals surface area contributed by atoms with Crippen molar-refractivity contribution in [1.29, 1.82) is 0 Å². The van der Waals surface area contributed by atoms with Crippen LogP contribution >= 0.6 is 0 Å². The molecule has 1 saturated carbocycles. The first kappa shape index (κ1) is 20.2. The maximum absolute atomic E-state index is 6.53. The zero-order valence-corrected chi connectivity index (χ0v) is 17.9. The largest absolute Gasteiger partial charge is 0.490 e. The van der Waals surface area contributed by atoms with Crippen LogP contribution in [0.3, 0.4) is 0 Å². The zero-order chi connectivity index (χ0) is 19.5. The number of para-hydroxylation sites is 1. The molecule has 2 aliphatic heterocycles.